The summed E-state index contributed by atoms with van der Waals surface area (Å²) in [4.78, 5) is 16.2. The van der Waals surface area contributed by atoms with Gasteiger partial charge in [0.1, 0.15) is 5.82 Å². The Balaban J connectivity index is 2.31. The largest absolute Gasteiger partial charge is 0.384 e. The fraction of sp³-hybridized carbons (Fsp3) is 0.417. The molecule has 1 aromatic rings. The molecule has 0 fully saturated rings. The monoisotopic (exact) mass is 232 g/mol. The van der Waals surface area contributed by atoms with Gasteiger partial charge in [0, 0.05) is 5.71 Å². The minimum absolute atomic E-state index is 0.00377. The van der Waals surface area contributed by atoms with Crippen molar-refractivity contribution in [1.82, 2.24) is 4.98 Å². The van der Waals surface area contributed by atoms with Gasteiger partial charge in [-0.25, -0.2) is 4.98 Å². The number of hydrazone groups is 1. The molecule has 0 unspecified atom stereocenters. The van der Waals surface area contributed by atoms with Crippen LogP contribution in [-0.2, 0) is 4.79 Å². The second kappa shape index (κ2) is 4.16. The number of nitrogen functional groups attached to an aromatic ring is 1. The molecule has 0 saturated heterocycles. The van der Waals surface area contributed by atoms with Crippen molar-refractivity contribution >= 4 is 23.1 Å². The molecular weight excluding hydrogens is 216 g/mol. The van der Waals surface area contributed by atoms with Crippen LogP contribution in [0.2, 0.25) is 0 Å². The summed E-state index contributed by atoms with van der Waals surface area (Å²) in [6.07, 6.45) is 1.56. The molecule has 17 heavy (non-hydrogen) atoms. The molecule has 5 heteroatoms. The fourth-order valence-electron chi connectivity index (χ4n) is 2.05. The van der Waals surface area contributed by atoms with E-state index in [0.29, 0.717) is 11.5 Å². The van der Waals surface area contributed by atoms with Crippen molar-refractivity contribution in [3.63, 3.8) is 0 Å². The number of rotatable bonds is 2. The molecule has 5 nitrogen and oxygen atoms in total. The number of pyridine rings is 1. The van der Waals surface area contributed by atoms with Crippen molar-refractivity contribution in [3.8, 4) is 0 Å². The Hall–Kier alpha value is -1.91. The van der Waals surface area contributed by atoms with Crippen LogP contribution in [0.3, 0.4) is 0 Å². The molecule has 1 aliphatic rings. The first-order valence-electron chi connectivity index (χ1n) is 5.61. The average Bonchev–Trinajstić information content (AvgIpc) is 2.55. The number of carbonyl (C=O) groups excluding carboxylic acids is 1. The summed E-state index contributed by atoms with van der Waals surface area (Å²) in [6.45, 7) is 5.92. The van der Waals surface area contributed by atoms with E-state index < -0.39 is 0 Å². The maximum atomic E-state index is 12.2. The van der Waals surface area contributed by atoms with Gasteiger partial charge in [0.05, 0.1) is 17.8 Å². The second-order valence-corrected chi connectivity index (χ2v) is 4.55. The summed E-state index contributed by atoms with van der Waals surface area (Å²) < 4.78 is 0. The van der Waals surface area contributed by atoms with Crippen molar-refractivity contribution in [1.29, 1.82) is 0 Å². The number of nitrogens with two attached hydrogens (primary N) is 1. The van der Waals surface area contributed by atoms with Gasteiger partial charge >= 0.3 is 0 Å². The summed E-state index contributed by atoms with van der Waals surface area (Å²) in [7, 11) is 0. The van der Waals surface area contributed by atoms with Gasteiger partial charge in [-0.1, -0.05) is 13.8 Å². The Morgan fingerprint density at radius 1 is 1.41 bits per heavy atom. The van der Waals surface area contributed by atoms with Crippen LogP contribution in [0.1, 0.15) is 20.8 Å². The molecule has 1 atom stereocenters. The van der Waals surface area contributed by atoms with Crippen LogP contribution in [-0.4, -0.2) is 16.6 Å². The number of anilines is 2. The summed E-state index contributed by atoms with van der Waals surface area (Å²) in [5, 5.41) is 5.70. The van der Waals surface area contributed by atoms with Crippen LogP contribution in [0.5, 0.6) is 0 Å². The highest BCUT2D eigenvalue weighted by molar-refractivity contribution is 6.14. The Bertz CT molecular complexity index is 464. The minimum atomic E-state index is -0.132. The SMILES string of the molecule is CC1=NN(c2ccc(N)nc2)C(=O)[C@H]1C(C)C. The minimum Gasteiger partial charge on any atom is -0.384 e. The maximum absolute atomic E-state index is 12.2. The topological polar surface area (TPSA) is 71.6 Å². The first-order chi connectivity index (χ1) is 8.00. The number of aromatic nitrogens is 1. The van der Waals surface area contributed by atoms with Crippen LogP contribution in [0.15, 0.2) is 23.4 Å². The molecule has 2 N–H and O–H groups in total. The lowest BCUT2D eigenvalue weighted by molar-refractivity contribution is -0.120. The van der Waals surface area contributed by atoms with Gasteiger partial charge in [0.15, 0.2) is 0 Å². The van der Waals surface area contributed by atoms with Crippen LogP contribution >= 0.6 is 0 Å². The normalized spacial score (nSPS) is 20.0. The van der Waals surface area contributed by atoms with Crippen molar-refractivity contribution in [2.24, 2.45) is 16.9 Å². The average molecular weight is 232 g/mol. The van der Waals surface area contributed by atoms with Crippen LogP contribution in [0.25, 0.3) is 0 Å². The molecule has 1 aliphatic heterocycles. The third kappa shape index (κ3) is 2.00. The molecule has 0 radical (unpaired) electrons. The van der Waals surface area contributed by atoms with Gasteiger partial charge in [0.25, 0.3) is 5.91 Å². The van der Waals surface area contributed by atoms with Gasteiger partial charge in [-0.05, 0) is 25.0 Å². The molecular formula is C12H16N4O. The number of carbonyl (C=O) groups is 1. The van der Waals surface area contributed by atoms with Gasteiger partial charge in [0.2, 0.25) is 0 Å². The molecule has 2 heterocycles. The Labute approximate surface area is 100 Å². The molecule has 0 spiro atoms. The number of hydrogen-bond donors (Lipinski definition) is 1. The predicted molar refractivity (Wildman–Crippen MR) is 67.6 cm³/mol. The summed E-state index contributed by atoms with van der Waals surface area (Å²) in [5.41, 5.74) is 7.02. The van der Waals surface area contributed by atoms with Crippen LogP contribution in [0.4, 0.5) is 11.5 Å². The Kier molecular flexibility index (Phi) is 2.83. The molecule has 2 rings (SSSR count). The Morgan fingerprint density at radius 3 is 2.59 bits per heavy atom. The molecule has 1 aromatic heterocycles. The third-order valence-electron chi connectivity index (χ3n) is 2.86. The third-order valence-corrected chi connectivity index (χ3v) is 2.86. The van der Waals surface area contributed by atoms with E-state index in [0.717, 1.165) is 5.71 Å². The van der Waals surface area contributed by atoms with E-state index in [-0.39, 0.29) is 17.7 Å². The Morgan fingerprint density at radius 2 is 2.12 bits per heavy atom. The van der Waals surface area contributed by atoms with E-state index in [1.165, 1.54) is 5.01 Å². The lowest BCUT2D eigenvalue weighted by Crippen LogP contribution is -2.30. The van der Waals surface area contributed by atoms with Crippen molar-refractivity contribution < 1.29 is 4.79 Å². The smallest absolute Gasteiger partial charge is 0.256 e. The van der Waals surface area contributed by atoms with Crippen LogP contribution < -0.4 is 10.7 Å². The van der Waals surface area contributed by atoms with Gasteiger partial charge < -0.3 is 5.73 Å². The van der Waals surface area contributed by atoms with E-state index in [9.17, 15) is 4.79 Å². The van der Waals surface area contributed by atoms with E-state index in [1.807, 2.05) is 20.8 Å². The van der Waals surface area contributed by atoms with Crippen LogP contribution in [0, 0.1) is 11.8 Å². The zero-order valence-corrected chi connectivity index (χ0v) is 10.2. The summed E-state index contributed by atoms with van der Waals surface area (Å²) >= 11 is 0. The highest BCUT2D eigenvalue weighted by atomic mass is 16.2. The summed E-state index contributed by atoms with van der Waals surface area (Å²) in [6, 6.07) is 3.41. The maximum Gasteiger partial charge on any atom is 0.256 e. The second-order valence-electron chi connectivity index (χ2n) is 4.55. The molecule has 1 amide bonds. The summed E-state index contributed by atoms with van der Waals surface area (Å²) in [5.74, 6) is 0.552. The lowest BCUT2D eigenvalue weighted by atomic mass is 9.92. The zero-order valence-electron chi connectivity index (χ0n) is 10.2. The van der Waals surface area contributed by atoms with E-state index >= 15 is 0 Å². The molecule has 0 aromatic carbocycles. The first-order valence-corrected chi connectivity index (χ1v) is 5.61. The van der Waals surface area contributed by atoms with Crippen molar-refractivity contribution in [2.45, 2.75) is 20.8 Å². The predicted octanol–water partition coefficient (Wildman–Crippen LogP) is 1.66. The highest BCUT2D eigenvalue weighted by Gasteiger charge is 2.36. The van der Waals surface area contributed by atoms with E-state index in [4.69, 9.17) is 5.73 Å². The van der Waals surface area contributed by atoms with E-state index in [1.54, 1.807) is 18.3 Å². The highest BCUT2D eigenvalue weighted by Crippen LogP contribution is 2.27. The van der Waals surface area contributed by atoms with E-state index in [2.05, 4.69) is 10.1 Å². The number of nitrogens with zero attached hydrogens (tertiary/aromatic N) is 3. The molecule has 90 valence electrons. The quantitative estimate of drug-likeness (QED) is 0.842. The standard InChI is InChI=1S/C12H16N4O/c1-7(2)11-8(3)15-16(12(11)17)9-4-5-10(13)14-6-9/h4-7,11H,1-3H3,(H2,13,14)/t11-/m0/s1. The van der Waals surface area contributed by atoms with Gasteiger partial charge in [-0.3, -0.25) is 4.79 Å². The lowest BCUT2D eigenvalue weighted by Gasteiger charge is -2.16. The molecule has 0 saturated carbocycles. The van der Waals surface area contributed by atoms with Gasteiger partial charge in [-0.15, -0.1) is 0 Å². The van der Waals surface area contributed by atoms with Crippen molar-refractivity contribution in [3.05, 3.63) is 18.3 Å². The number of amides is 1. The number of hydrogen-bond acceptors (Lipinski definition) is 4. The first kappa shape index (κ1) is 11.6. The van der Waals surface area contributed by atoms with Gasteiger partial charge in [-0.2, -0.15) is 10.1 Å². The molecule has 0 aliphatic carbocycles. The molecule has 0 bridgehead atoms. The van der Waals surface area contributed by atoms with Crippen molar-refractivity contribution in [2.75, 3.05) is 10.7 Å². The zero-order chi connectivity index (χ0) is 12.6. The fourth-order valence-corrected chi connectivity index (χ4v) is 2.05.